The molecule has 23 heavy (non-hydrogen) atoms. The summed E-state index contributed by atoms with van der Waals surface area (Å²) in [6.07, 6.45) is 2.66. The summed E-state index contributed by atoms with van der Waals surface area (Å²) in [6, 6.07) is 1.09. The molecular weight excluding hydrogens is 292 g/mol. The Bertz CT molecular complexity index is 491. The van der Waals surface area contributed by atoms with Crippen molar-refractivity contribution in [1.82, 2.24) is 36.6 Å². The Balaban J connectivity index is 1.25. The van der Waals surface area contributed by atoms with Gasteiger partial charge in [0.2, 0.25) is 0 Å². The molecule has 8 heteroatoms. The van der Waals surface area contributed by atoms with Gasteiger partial charge in [0.25, 0.3) is 0 Å². The Morgan fingerprint density at radius 2 is 2.35 bits per heavy atom. The second kappa shape index (κ2) is 7.13. The average molecular weight is 316 g/mol. The van der Waals surface area contributed by atoms with Crippen molar-refractivity contribution in [1.29, 1.82) is 0 Å². The molecule has 2 unspecified atom stereocenters. The first kappa shape index (κ1) is 15.3. The molecule has 0 spiro atoms. The summed E-state index contributed by atoms with van der Waals surface area (Å²) in [5.41, 5.74) is 3.46. The van der Waals surface area contributed by atoms with E-state index in [-0.39, 0.29) is 6.04 Å². The van der Waals surface area contributed by atoms with E-state index >= 15 is 0 Å². The highest BCUT2D eigenvalue weighted by Crippen LogP contribution is 2.20. The highest BCUT2D eigenvalue weighted by atomic mass is 15.5. The summed E-state index contributed by atoms with van der Waals surface area (Å²) >= 11 is 0. The van der Waals surface area contributed by atoms with Crippen molar-refractivity contribution in [3.8, 4) is 11.8 Å². The summed E-state index contributed by atoms with van der Waals surface area (Å²) < 4.78 is 0. The van der Waals surface area contributed by atoms with E-state index in [4.69, 9.17) is 0 Å². The predicted molar refractivity (Wildman–Crippen MR) is 88.3 cm³/mol. The van der Waals surface area contributed by atoms with Crippen LogP contribution in [0.25, 0.3) is 0 Å². The van der Waals surface area contributed by atoms with Crippen LogP contribution >= 0.6 is 0 Å². The Morgan fingerprint density at radius 3 is 3.26 bits per heavy atom. The quantitative estimate of drug-likeness (QED) is 0.367. The summed E-state index contributed by atoms with van der Waals surface area (Å²) in [5, 5.41) is 15.4. The van der Waals surface area contributed by atoms with E-state index in [1.807, 2.05) is 0 Å². The SMILES string of the molecule is C(#CC1CNN(CCN2CCNC2)C1)[C]1NC=N[C]2NCNC12. The largest absolute Gasteiger partial charge is 0.356 e. The van der Waals surface area contributed by atoms with Crippen LogP contribution < -0.4 is 26.7 Å². The van der Waals surface area contributed by atoms with Crippen molar-refractivity contribution in [3.63, 3.8) is 0 Å². The van der Waals surface area contributed by atoms with Gasteiger partial charge in [-0.1, -0.05) is 11.8 Å². The van der Waals surface area contributed by atoms with Gasteiger partial charge in [0.1, 0.15) is 0 Å². The molecular formula is C15H24N8. The fourth-order valence-corrected chi connectivity index (χ4v) is 3.25. The smallest absolute Gasteiger partial charge is 0.172 e. The maximum Gasteiger partial charge on any atom is 0.172 e. The van der Waals surface area contributed by atoms with Crippen molar-refractivity contribution in [2.24, 2.45) is 10.9 Å². The molecule has 4 heterocycles. The van der Waals surface area contributed by atoms with Crippen molar-refractivity contribution in [3.05, 3.63) is 12.2 Å². The van der Waals surface area contributed by atoms with Gasteiger partial charge in [-0.2, -0.15) is 0 Å². The lowest BCUT2D eigenvalue weighted by atomic mass is 10.0. The number of nitrogens with zero attached hydrogens (tertiary/aromatic N) is 3. The summed E-state index contributed by atoms with van der Waals surface area (Å²) in [4.78, 5) is 6.73. The Hall–Kier alpha value is -1.21. The van der Waals surface area contributed by atoms with Crippen LogP contribution in [-0.2, 0) is 0 Å². The summed E-state index contributed by atoms with van der Waals surface area (Å²) in [6.45, 7) is 8.10. The van der Waals surface area contributed by atoms with Gasteiger partial charge in [0.05, 0.1) is 12.4 Å². The summed E-state index contributed by atoms with van der Waals surface area (Å²) in [7, 11) is 0. The van der Waals surface area contributed by atoms with Crippen molar-refractivity contribution in [2.75, 3.05) is 52.6 Å². The number of fused-ring (bicyclic) bond motifs is 1. The molecule has 0 saturated carbocycles. The molecule has 0 amide bonds. The first-order chi connectivity index (χ1) is 11.4. The van der Waals surface area contributed by atoms with Gasteiger partial charge >= 0.3 is 0 Å². The Labute approximate surface area is 137 Å². The van der Waals surface area contributed by atoms with Gasteiger partial charge in [-0.05, 0) is 0 Å². The van der Waals surface area contributed by atoms with E-state index in [1.165, 1.54) is 0 Å². The number of nitrogens with one attached hydrogen (secondary N) is 5. The monoisotopic (exact) mass is 316 g/mol. The minimum atomic E-state index is 0.0978. The standard InChI is InChI=1S/C15H24N8/c1(2-13-14-15(19-9-17-13)20-10-18-14)12-7-21-23(8-12)6-5-22-4-3-16-11-22/h9,12,14,16,18,20-21H,3-8,10-11H2,(H,17,19). The number of hydrogen-bond acceptors (Lipinski definition) is 8. The van der Waals surface area contributed by atoms with Gasteiger partial charge in [0, 0.05) is 58.5 Å². The zero-order chi connectivity index (χ0) is 15.5. The first-order valence-electron chi connectivity index (χ1n) is 8.31. The fraction of sp³-hybridized carbons (Fsp3) is 0.667. The summed E-state index contributed by atoms with van der Waals surface area (Å²) in [5.74, 6) is 7.08. The molecule has 0 aromatic heterocycles. The number of rotatable bonds is 3. The average Bonchev–Trinajstić information content (AvgIpc) is 3.31. The lowest BCUT2D eigenvalue weighted by molar-refractivity contribution is 0.207. The fourth-order valence-electron chi connectivity index (χ4n) is 3.25. The molecule has 8 nitrogen and oxygen atoms in total. The molecule has 2 atom stereocenters. The molecule has 4 rings (SSSR count). The van der Waals surface area contributed by atoms with E-state index in [0.717, 1.165) is 64.8 Å². The molecule has 0 aromatic carbocycles. The molecule has 0 bridgehead atoms. The Morgan fingerprint density at radius 1 is 1.35 bits per heavy atom. The minimum absolute atomic E-state index is 0.0978. The molecule has 4 aliphatic rings. The van der Waals surface area contributed by atoms with Crippen LogP contribution in [0, 0.1) is 30.0 Å². The normalized spacial score (nSPS) is 32.7. The topological polar surface area (TPSA) is 79.0 Å². The third-order valence-electron chi connectivity index (χ3n) is 4.60. The third kappa shape index (κ3) is 3.66. The van der Waals surface area contributed by atoms with Crippen molar-refractivity contribution >= 4 is 6.34 Å². The van der Waals surface area contributed by atoms with Crippen LogP contribution in [0.2, 0.25) is 0 Å². The zero-order valence-corrected chi connectivity index (χ0v) is 13.2. The van der Waals surface area contributed by atoms with Gasteiger partial charge < -0.3 is 10.6 Å². The van der Waals surface area contributed by atoms with Crippen LogP contribution in [0.15, 0.2) is 4.99 Å². The van der Waals surface area contributed by atoms with Crippen LogP contribution in [0.3, 0.4) is 0 Å². The lowest BCUT2D eigenvalue weighted by Gasteiger charge is -2.24. The van der Waals surface area contributed by atoms with Crippen LogP contribution in [-0.4, -0.2) is 74.9 Å². The first-order valence-corrected chi connectivity index (χ1v) is 8.31. The van der Waals surface area contributed by atoms with Crippen molar-refractivity contribution < 1.29 is 0 Å². The van der Waals surface area contributed by atoms with E-state index < -0.39 is 0 Å². The van der Waals surface area contributed by atoms with Crippen LogP contribution in [0.1, 0.15) is 0 Å². The second-order valence-electron chi connectivity index (χ2n) is 6.24. The molecule has 5 N–H and O–H groups in total. The van der Waals surface area contributed by atoms with E-state index in [0.29, 0.717) is 5.92 Å². The lowest BCUT2D eigenvalue weighted by Crippen LogP contribution is -2.43. The molecule has 4 aliphatic heterocycles. The van der Waals surface area contributed by atoms with E-state index in [2.05, 4.69) is 53.4 Å². The van der Waals surface area contributed by atoms with Crippen LogP contribution in [0.4, 0.5) is 0 Å². The van der Waals surface area contributed by atoms with Crippen molar-refractivity contribution in [2.45, 2.75) is 6.04 Å². The minimum Gasteiger partial charge on any atom is -0.356 e. The van der Waals surface area contributed by atoms with Gasteiger partial charge in [-0.3, -0.25) is 21.0 Å². The van der Waals surface area contributed by atoms with Gasteiger partial charge in [-0.15, -0.1) is 0 Å². The number of aliphatic imine (C=N–C) groups is 1. The van der Waals surface area contributed by atoms with Gasteiger partial charge in [0.15, 0.2) is 12.2 Å². The number of hydrogen-bond donors (Lipinski definition) is 5. The zero-order valence-electron chi connectivity index (χ0n) is 13.2. The molecule has 124 valence electrons. The van der Waals surface area contributed by atoms with E-state index in [1.54, 1.807) is 6.34 Å². The maximum absolute atomic E-state index is 4.28. The molecule has 2 radical (unpaired) electrons. The van der Waals surface area contributed by atoms with Gasteiger partial charge in [-0.25, -0.2) is 10.0 Å². The molecule has 3 saturated heterocycles. The number of hydrazine groups is 1. The highest BCUT2D eigenvalue weighted by molar-refractivity contribution is 5.63. The predicted octanol–water partition coefficient (Wildman–Crippen LogP) is -2.54. The second-order valence-corrected chi connectivity index (χ2v) is 6.24. The van der Waals surface area contributed by atoms with Crippen LogP contribution in [0.5, 0.6) is 0 Å². The molecule has 0 aliphatic carbocycles. The Kier molecular flexibility index (Phi) is 4.75. The molecule has 3 fully saturated rings. The maximum atomic E-state index is 4.28. The molecule has 0 aromatic rings. The highest BCUT2D eigenvalue weighted by Gasteiger charge is 2.36. The third-order valence-corrected chi connectivity index (χ3v) is 4.60. The van der Waals surface area contributed by atoms with E-state index in [9.17, 15) is 0 Å².